The Morgan fingerprint density at radius 1 is 0.646 bits per heavy atom. The minimum atomic E-state index is -0.0793. The van der Waals surface area contributed by atoms with Gasteiger partial charge in [0.2, 0.25) is 0 Å². The third-order valence-electron chi connectivity index (χ3n) is 10.3. The maximum absolute atomic E-state index is 6.64. The van der Waals surface area contributed by atoms with Crippen molar-refractivity contribution < 1.29 is 4.74 Å². The molecule has 5 aromatic carbocycles. The number of aromatic nitrogens is 2. The van der Waals surface area contributed by atoms with Gasteiger partial charge in [-0.05, 0) is 76.7 Å². The summed E-state index contributed by atoms with van der Waals surface area (Å²) in [6.07, 6.45) is 1.92. The summed E-state index contributed by atoms with van der Waals surface area (Å²) < 4.78 is 8.91. The zero-order valence-electron chi connectivity index (χ0n) is 28.0. The molecule has 4 heterocycles. The normalized spacial score (nSPS) is 14.8. The predicted octanol–water partition coefficient (Wildman–Crippen LogP) is 11.2. The number of hydrogen-bond donors (Lipinski definition) is 0. The van der Waals surface area contributed by atoms with Crippen LogP contribution in [0.25, 0.3) is 27.6 Å². The van der Waals surface area contributed by atoms with Crippen molar-refractivity contribution >= 4 is 44.6 Å². The van der Waals surface area contributed by atoms with E-state index in [0.29, 0.717) is 0 Å². The Bertz CT molecular complexity index is 2400. The average molecular weight is 627 g/mol. The minimum absolute atomic E-state index is 0.0154. The lowest BCUT2D eigenvalue weighted by Gasteiger charge is -2.39. The fraction of sp³-hybridized carbons (Fsp3) is 0.186. The summed E-state index contributed by atoms with van der Waals surface area (Å²) >= 11 is 0. The molecule has 0 radical (unpaired) electrons. The summed E-state index contributed by atoms with van der Waals surface area (Å²) in [5.74, 6) is 2.50. The second-order valence-corrected chi connectivity index (χ2v) is 14.6. The molecule has 236 valence electrons. The first-order chi connectivity index (χ1) is 23.2. The maximum Gasteiger partial charge on any atom is 0.137 e. The molecule has 48 heavy (non-hydrogen) atoms. The molecular weight excluding hydrogens is 589 g/mol. The quantitative estimate of drug-likeness (QED) is 0.195. The van der Waals surface area contributed by atoms with Crippen LogP contribution >= 0.6 is 0 Å². The van der Waals surface area contributed by atoms with Crippen LogP contribution in [0, 0.1) is 0 Å². The molecule has 0 aliphatic carbocycles. The monoisotopic (exact) mass is 626 g/mol. The molecule has 0 atom stereocenters. The molecule has 0 fully saturated rings. The number of fused-ring (bicyclic) bond motifs is 5. The molecule has 0 bridgehead atoms. The Hall–Kier alpha value is -5.55. The van der Waals surface area contributed by atoms with Gasteiger partial charge in [0.25, 0.3) is 0 Å². The second-order valence-electron chi connectivity index (χ2n) is 14.6. The zero-order chi connectivity index (χ0) is 32.8. The van der Waals surface area contributed by atoms with E-state index in [-0.39, 0.29) is 10.8 Å². The molecule has 0 unspecified atom stereocenters. The fourth-order valence-electron chi connectivity index (χ4n) is 7.74. The summed E-state index contributed by atoms with van der Waals surface area (Å²) in [6.45, 7) is 12.1. The Morgan fingerprint density at radius 3 is 2.25 bits per heavy atom. The first kappa shape index (κ1) is 28.7. The van der Waals surface area contributed by atoms with Gasteiger partial charge in [-0.2, -0.15) is 0 Å². The molecule has 9 rings (SSSR count). The summed E-state index contributed by atoms with van der Waals surface area (Å²) in [4.78, 5) is 9.71. The summed E-state index contributed by atoms with van der Waals surface area (Å²) in [7, 11) is 0. The number of para-hydroxylation sites is 3. The van der Waals surface area contributed by atoms with Crippen molar-refractivity contribution in [3.8, 4) is 17.3 Å². The lowest BCUT2D eigenvalue weighted by atomic mass is 9.74. The molecule has 5 heteroatoms. The van der Waals surface area contributed by atoms with Crippen LogP contribution in [-0.2, 0) is 10.8 Å². The topological polar surface area (TPSA) is 33.5 Å². The van der Waals surface area contributed by atoms with Crippen LogP contribution in [0.1, 0.15) is 51.3 Å². The van der Waals surface area contributed by atoms with Crippen molar-refractivity contribution in [3.63, 3.8) is 0 Å². The van der Waals surface area contributed by atoms with Gasteiger partial charge in [0.05, 0.1) is 22.4 Å². The highest BCUT2D eigenvalue weighted by molar-refractivity contribution is 6.09. The first-order valence-corrected chi connectivity index (χ1v) is 16.7. The van der Waals surface area contributed by atoms with Crippen molar-refractivity contribution in [2.24, 2.45) is 0 Å². The highest BCUT2D eigenvalue weighted by Gasteiger charge is 2.42. The molecule has 0 saturated carbocycles. The molecular formula is C43H38N4O. The zero-order valence-corrected chi connectivity index (χ0v) is 28.0. The molecule has 2 aliphatic rings. The van der Waals surface area contributed by atoms with Gasteiger partial charge < -0.3 is 14.5 Å². The van der Waals surface area contributed by atoms with E-state index in [0.717, 1.165) is 40.7 Å². The molecule has 0 N–H and O–H groups in total. The number of nitrogens with zero attached hydrogens (tertiary/aromatic N) is 4. The van der Waals surface area contributed by atoms with E-state index in [9.17, 15) is 0 Å². The van der Waals surface area contributed by atoms with Crippen LogP contribution in [0.15, 0.2) is 128 Å². The molecule has 5 nitrogen and oxygen atoms in total. The summed E-state index contributed by atoms with van der Waals surface area (Å²) in [6, 6.07) is 43.3. The number of pyridine rings is 1. The number of benzene rings is 5. The van der Waals surface area contributed by atoms with Crippen LogP contribution in [0.5, 0.6) is 11.5 Å². The first-order valence-electron chi connectivity index (χ1n) is 16.7. The summed E-state index contributed by atoms with van der Waals surface area (Å²) in [5, 5.41) is 2.37. The van der Waals surface area contributed by atoms with Crippen molar-refractivity contribution in [2.45, 2.75) is 45.4 Å². The maximum atomic E-state index is 6.64. The van der Waals surface area contributed by atoms with Crippen LogP contribution in [0.3, 0.4) is 0 Å². The van der Waals surface area contributed by atoms with Crippen molar-refractivity contribution in [1.29, 1.82) is 0 Å². The van der Waals surface area contributed by atoms with Gasteiger partial charge in [-0.3, -0.25) is 4.57 Å². The Balaban J connectivity index is 1.10. The third kappa shape index (κ3) is 4.27. The van der Waals surface area contributed by atoms with E-state index in [2.05, 4.69) is 164 Å². The highest BCUT2D eigenvalue weighted by atomic mass is 16.5. The molecule has 7 aromatic rings. The SMILES string of the molecule is CC(C)(C)c1ccnc(-n2c3ccccc3c3ccc(Oc4cccc(N5CN6c7ccccc7C(C)(C)c7cccc5c76)c4)cc32)c1. The fourth-order valence-corrected chi connectivity index (χ4v) is 7.74. The number of anilines is 4. The van der Waals surface area contributed by atoms with E-state index in [1.807, 2.05) is 12.3 Å². The molecule has 0 amide bonds. The standard InChI is InChI=1S/C43H38N4O/c1-42(2,3)28-22-23-44-40(24-28)47-36-17-8-6-14-32(36)33-21-20-31(26-39(33)47)48-30-13-10-12-29(25-30)45-27-46-37-18-9-7-15-34(37)43(4,5)35-16-11-19-38(45)41(35)46/h6-26H,27H2,1-5H3. The third-order valence-corrected chi connectivity index (χ3v) is 10.3. The lowest BCUT2D eigenvalue weighted by Crippen LogP contribution is -2.32. The molecule has 0 saturated heterocycles. The van der Waals surface area contributed by atoms with E-state index < -0.39 is 0 Å². The smallest absolute Gasteiger partial charge is 0.137 e. The number of ether oxygens (including phenoxy) is 1. The van der Waals surface area contributed by atoms with Crippen LogP contribution in [-0.4, -0.2) is 16.2 Å². The van der Waals surface area contributed by atoms with Gasteiger partial charge in [-0.1, -0.05) is 89.2 Å². The predicted molar refractivity (Wildman–Crippen MR) is 198 cm³/mol. The largest absolute Gasteiger partial charge is 0.457 e. The molecule has 2 aliphatic heterocycles. The lowest BCUT2D eigenvalue weighted by molar-refractivity contribution is 0.483. The van der Waals surface area contributed by atoms with Gasteiger partial charge in [0.15, 0.2) is 0 Å². The Kier molecular flexibility index (Phi) is 6.10. The van der Waals surface area contributed by atoms with E-state index in [4.69, 9.17) is 9.72 Å². The van der Waals surface area contributed by atoms with Crippen LogP contribution in [0.4, 0.5) is 22.7 Å². The minimum Gasteiger partial charge on any atom is -0.457 e. The second kappa shape index (κ2) is 10.2. The molecule has 2 aromatic heterocycles. The van der Waals surface area contributed by atoms with Gasteiger partial charge in [0.1, 0.15) is 24.0 Å². The highest BCUT2D eigenvalue weighted by Crippen LogP contribution is 2.56. The van der Waals surface area contributed by atoms with E-state index in [1.165, 1.54) is 44.5 Å². The van der Waals surface area contributed by atoms with Crippen LogP contribution in [0.2, 0.25) is 0 Å². The molecule has 0 spiro atoms. The van der Waals surface area contributed by atoms with Gasteiger partial charge in [-0.25, -0.2) is 4.98 Å². The van der Waals surface area contributed by atoms with E-state index >= 15 is 0 Å². The average Bonchev–Trinajstić information content (AvgIpc) is 3.64. The van der Waals surface area contributed by atoms with Gasteiger partial charge in [-0.15, -0.1) is 0 Å². The van der Waals surface area contributed by atoms with Gasteiger partial charge in [0, 0.05) is 45.9 Å². The van der Waals surface area contributed by atoms with Crippen molar-refractivity contribution in [1.82, 2.24) is 9.55 Å². The van der Waals surface area contributed by atoms with Crippen LogP contribution < -0.4 is 14.5 Å². The number of hydrogen-bond acceptors (Lipinski definition) is 4. The van der Waals surface area contributed by atoms with Crippen molar-refractivity contribution in [3.05, 3.63) is 144 Å². The van der Waals surface area contributed by atoms with Crippen molar-refractivity contribution in [2.75, 3.05) is 16.5 Å². The summed E-state index contributed by atoms with van der Waals surface area (Å²) in [5.41, 5.74) is 11.0. The van der Waals surface area contributed by atoms with E-state index in [1.54, 1.807) is 0 Å². The Morgan fingerprint density at radius 2 is 1.38 bits per heavy atom. The van der Waals surface area contributed by atoms with Gasteiger partial charge >= 0.3 is 0 Å². The number of rotatable bonds is 4. The Labute approximate surface area is 281 Å².